The minimum atomic E-state index is 0.205. The molecule has 0 radical (unpaired) electrons. The Morgan fingerprint density at radius 3 is 2.69 bits per heavy atom. The van der Waals surface area contributed by atoms with E-state index < -0.39 is 0 Å². The van der Waals surface area contributed by atoms with Gasteiger partial charge in [0.2, 0.25) is 5.28 Å². The molecule has 4 heterocycles. The summed E-state index contributed by atoms with van der Waals surface area (Å²) < 4.78 is 15.5. The van der Waals surface area contributed by atoms with Crippen molar-refractivity contribution in [3.8, 4) is 11.5 Å². The number of rotatable bonds is 4. The van der Waals surface area contributed by atoms with Gasteiger partial charge in [-0.2, -0.15) is 4.98 Å². The van der Waals surface area contributed by atoms with Crippen molar-refractivity contribution < 1.29 is 9.15 Å². The molecule has 3 aromatic rings. The topological polar surface area (TPSA) is 72.5 Å². The molecule has 1 saturated heterocycles. The van der Waals surface area contributed by atoms with Crippen molar-refractivity contribution in [1.29, 1.82) is 0 Å². The SMILES string of the molecule is Cc1nc(-c2cc3nc(Cl)nc(N4CCOCC4)c3o2)cn1SN(C)C. The summed E-state index contributed by atoms with van der Waals surface area (Å²) in [6.07, 6.45) is 1.95. The highest BCUT2D eigenvalue weighted by molar-refractivity contribution is 7.95. The van der Waals surface area contributed by atoms with Crippen LogP contribution in [0.5, 0.6) is 0 Å². The van der Waals surface area contributed by atoms with Gasteiger partial charge in [-0.05, 0) is 32.6 Å². The summed E-state index contributed by atoms with van der Waals surface area (Å²) in [4.78, 5) is 15.4. The minimum absolute atomic E-state index is 0.205. The van der Waals surface area contributed by atoms with Crippen molar-refractivity contribution in [2.45, 2.75) is 6.92 Å². The lowest BCUT2D eigenvalue weighted by Gasteiger charge is -2.27. The quantitative estimate of drug-likeness (QED) is 0.494. The van der Waals surface area contributed by atoms with Crippen LogP contribution in [0.2, 0.25) is 5.28 Å². The summed E-state index contributed by atoms with van der Waals surface area (Å²) in [5, 5.41) is 0.205. The van der Waals surface area contributed by atoms with Gasteiger partial charge in [-0.15, -0.1) is 0 Å². The van der Waals surface area contributed by atoms with Crippen molar-refractivity contribution in [2.75, 3.05) is 45.3 Å². The first-order valence-electron chi connectivity index (χ1n) is 8.23. The van der Waals surface area contributed by atoms with Crippen LogP contribution >= 0.6 is 23.7 Å². The molecule has 0 spiro atoms. The van der Waals surface area contributed by atoms with Crippen LogP contribution in [0.15, 0.2) is 16.7 Å². The molecule has 1 fully saturated rings. The standard InChI is InChI=1S/C16H19ClN6O2S/c1-10-18-12(9-23(10)26-21(2)3)13-8-11-14(25-13)15(20-16(17)19-11)22-4-6-24-7-5-22/h8-9H,4-7H2,1-3H3. The monoisotopic (exact) mass is 394 g/mol. The second-order valence-electron chi connectivity index (χ2n) is 6.13. The van der Waals surface area contributed by atoms with Crippen LogP contribution < -0.4 is 4.90 Å². The van der Waals surface area contributed by atoms with Gasteiger partial charge in [-0.1, -0.05) is 0 Å². The fourth-order valence-electron chi connectivity index (χ4n) is 2.84. The Labute approximate surface area is 160 Å². The first kappa shape index (κ1) is 17.6. The van der Waals surface area contributed by atoms with E-state index in [-0.39, 0.29) is 5.28 Å². The van der Waals surface area contributed by atoms with Crippen LogP contribution in [0.25, 0.3) is 22.6 Å². The predicted molar refractivity (Wildman–Crippen MR) is 102 cm³/mol. The number of furan rings is 1. The van der Waals surface area contributed by atoms with E-state index >= 15 is 0 Å². The van der Waals surface area contributed by atoms with Crippen molar-refractivity contribution in [1.82, 2.24) is 23.2 Å². The van der Waals surface area contributed by atoms with E-state index in [2.05, 4.69) is 19.9 Å². The molecule has 8 nitrogen and oxygen atoms in total. The predicted octanol–water partition coefficient (Wildman–Crippen LogP) is 2.86. The number of aromatic nitrogens is 4. The Morgan fingerprint density at radius 1 is 1.19 bits per heavy atom. The third kappa shape index (κ3) is 3.39. The minimum Gasteiger partial charge on any atom is -0.449 e. The number of anilines is 1. The van der Waals surface area contributed by atoms with E-state index in [1.54, 1.807) is 12.1 Å². The highest BCUT2D eigenvalue weighted by Crippen LogP contribution is 2.33. The molecule has 0 aliphatic carbocycles. The number of nitrogens with zero attached hydrogens (tertiary/aromatic N) is 6. The second kappa shape index (κ2) is 7.07. The molecule has 0 saturated carbocycles. The highest BCUT2D eigenvalue weighted by atomic mass is 35.5. The lowest BCUT2D eigenvalue weighted by molar-refractivity contribution is 0.122. The first-order valence-corrected chi connectivity index (χ1v) is 9.34. The van der Waals surface area contributed by atoms with Gasteiger partial charge in [0.25, 0.3) is 0 Å². The first-order chi connectivity index (χ1) is 12.5. The van der Waals surface area contributed by atoms with Crippen molar-refractivity contribution in [3.63, 3.8) is 0 Å². The maximum Gasteiger partial charge on any atom is 0.225 e. The van der Waals surface area contributed by atoms with Gasteiger partial charge in [0.15, 0.2) is 17.2 Å². The highest BCUT2D eigenvalue weighted by Gasteiger charge is 2.22. The summed E-state index contributed by atoms with van der Waals surface area (Å²) in [7, 11) is 3.97. The van der Waals surface area contributed by atoms with E-state index in [4.69, 9.17) is 20.8 Å². The number of hydrogen-bond donors (Lipinski definition) is 0. The number of aryl methyl sites for hydroxylation is 1. The number of imidazole rings is 1. The summed E-state index contributed by atoms with van der Waals surface area (Å²) >= 11 is 7.68. The van der Waals surface area contributed by atoms with E-state index in [1.165, 1.54) is 0 Å². The number of morpholine rings is 1. The molecule has 0 bridgehead atoms. The molecule has 0 aromatic carbocycles. The van der Waals surface area contributed by atoms with Crippen molar-refractivity contribution in [2.24, 2.45) is 0 Å². The molecule has 0 unspecified atom stereocenters. The van der Waals surface area contributed by atoms with E-state index in [1.807, 2.05) is 41.6 Å². The Hall–Kier alpha value is -1.81. The molecule has 1 aliphatic heterocycles. The number of hydrogen-bond acceptors (Lipinski definition) is 8. The van der Waals surface area contributed by atoms with Gasteiger partial charge < -0.3 is 14.1 Å². The summed E-state index contributed by atoms with van der Waals surface area (Å²) in [5.41, 5.74) is 2.05. The summed E-state index contributed by atoms with van der Waals surface area (Å²) in [6.45, 7) is 4.75. The van der Waals surface area contributed by atoms with E-state index in [0.29, 0.717) is 35.9 Å². The Kier molecular flexibility index (Phi) is 4.78. The molecule has 0 atom stereocenters. The van der Waals surface area contributed by atoms with Gasteiger partial charge >= 0.3 is 0 Å². The fourth-order valence-corrected chi connectivity index (χ4v) is 3.67. The zero-order valence-corrected chi connectivity index (χ0v) is 16.3. The van der Waals surface area contributed by atoms with Gasteiger partial charge in [0.1, 0.15) is 17.0 Å². The average molecular weight is 395 g/mol. The third-order valence-corrected chi connectivity index (χ3v) is 5.02. The third-order valence-electron chi connectivity index (χ3n) is 3.98. The van der Waals surface area contributed by atoms with Crippen LogP contribution in [0.3, 0.4) is 0 Å². The molecular weight excluding hydrogens is 376 g/mol. The number of halogens is 1. The van der Waals surface area contributed by atoms with Crippen molar-refractivity contribution >= 4 is 40.7 Å². The van der Waals surface area contributed by atoms with Gasteiger partial charge in [0, 0.05) is 37.5 Å². The molecular formula is C16H19ClN6O2S. The molecule has 26 heavy (non-hydrogen) atoms. The normalized spacial score (nSPS) is 15.3. The molecule has 3 aromatic heterocycles. The Bertz CT molecular complexity index is 934. The van der Waals surface area contributed by atoms with Crippen LogP contribution in [0.4, 0.5) is 5.82 Å². The summed E-state index contributed by atoms with van der Waals surface area (Å²) in [6, 6.07) is 1.86. The van der Waals surface area contributed by atoms with Gasteiger partial charge in [-0.25, -0.2) is 14.3 Å². The summed E-state index contributed by atoms with van der Waals surface area (Å²) in [5.74, 6) is 2.23. The molecule has 138 valence electrons. The van der Waals surface area contributed by atoms with E-state index in [9.17, 15) is 0 Å². The second-order valence-corrected chi connectivity index (χ2v) is 7.76. The lowest BCUT2D eigenvalue weighted by Crippen LogP contribution is -2.36. The molecule has 1 aliphatic rings. The van der Waals surface area contributed by atoms with Gasteiger partial charge in [0.05, 0.1) is 13.2 Å². The Morgan fingerprint density at radius 2 is 1.96 bits per heavy atom. The maximum atomic E-state index is 6.13. The van der Waals surface area contributed by atoms with Crippen LogP contribution in [0, 0.1) is 6.92 Å². The maximum absolute atomic E-state index is 6.13. The Balaban J connectivity index is 1.76. The van der Waals surface area contributed by atoms with Gasteiger partial charge in [-0.3, -0.25) is 3.97 Å². The molecule has 0 N–H and O–H groups in total. The van der Waals surface area contributed by atoms with Crippen LogP contribution in [-0.2, 0) is 4.74 Å². The average Bonchev–Trinajstić information content (AvgIpc) is 3.18. The molecule has 0 amide bonds. The molecule has 10 heteroatoms. The number of fused-ring (bicyclic) bond motifs is 1. The molecule has 4 rings (SSSR count). The number of ether oxygens (including phenoxy) is 1. The lowest BCUT2D eigenvalue weighted by atomic mass is 10.3. The largest absolute Gasteiger partial charge is 0.449 e. The fraction of sp³-hybridized carbons (Fsp3) is 0.438. The zero-order chi connectivity index (χ0) is 18.3. The van der Waals surface area contributed by atoms with Crippen LogP contribution in [0.1, 0.15) is 5.82 Å². The van der Waals surface area contributed by atoms with Crippen molar-refractivity contribution in [3.05, 3.63) is 23.4 Å². The van der Waals surface area contributed by atoms with E-state index in [0.717, 1.165) is 24.6 Å². The smallest absolute Gasteiger partial charge is 0.225 e. The van der Waals surface area contributed by atoms with Crippen LogP contribution in [-0.4, -0.2) is 63.6 Å². The zero-order valence-electron chi connectivity index (χ0n) is 14.8.